The first-order valence-electron chi connectivity index (χ1n) is 6.78. The molecule has 2 amide bonds. The van der Waals surface area contributed by atoms with Crippen molar-refractivity contribution < 1.29 is 14.6 Å². The summed E-state index contributed by atoms with van der Waals surface area (Å²) in [5.41, 5.74) is 0.143. The average molecular weight is 291 g/mol. The van der Waals surface area contributed by atoms with E-state index in [9.17, 15) is 9.59 Å². The zero-order chi connectivity index (χ0) is 15.8. The van der Waals surface area contributed by atoms with E-state index in [1.165, 1.54) is 18.6 Å². The van der Waals surface area contributed by atoms with Crippen molar-refractivity contribution in [2.75, 3.05) is 0 Å². The van der Waals surface area contributed by atoms with E-state index in [2.05, 4.69) is 20.6 Å². The quantitative estimate of drug-likeness (QED) is 0.598. The van der Waals surface area contributed by atoms with Crippen LogP contribution in [0.2, 0.25) is 0 Å². The minimum Gasteiger partial charge on any atom is -0.452 e. The molecule has 1 aromatic heterocycles. The summed E-state index contributed by atoms with van der Waals surface area (Å²) in [7, 11) is 0.953. The summed E-state index contributed by atoms with van der Waals surface area (Å²) in [5.74, 6) is -0.959. The molecule has 3 N–H and O–H groups in total. The number of rotatable bonds is 7. The summed E-state index contributed by atoms with van der Waals surface area (Å²) >= 11 is 0. The fourth-order valence-corrected chi connectivity index (χ4v) is 1.73. The number of hydrogen-bond donors (Lipinski definition) is 3. The van der Waals surface area contributed by atoms with Crippen LogP contribution in [0.1, 0.15) is 37.7 Å². The molecule has 8 heteroatoms. The van der Waals surface area contributed by atoms with Gasteiger partial charge in [-0.3, -0.25) is 14.6 Å². The van der Waals surface area contributed by atoms with Gasteiger partial charge in [0, 0.05) is 18.3 Å². The first-order valence-corrected chi connectivity index (χ1v) is 6.78. The average Bonchev–Trinajstić information content (AvgIpc) is 2.46. The Morgan fingerprint density at radius 2 is 2.00 bits per heavy atom. The van der Waals surface area contributed by atoms with E-state index >= 15 is 0 Å². The fourth-order valence-electron chi connectivity index (χ4n) is 1.73. The van der Waals surface area contributed by atoms with Crippen molar-refractivity contribution >= 4 is 19.3 Å². The van der Waals surface area contributed by atoms with Gasteiger partial charge in [-0.25, -0.2) is 4.98 Å². The third kappa shape index (κ3) is 5.91. The molecule has 0 spiro atoms. The normalized spacial score (nSPS) is 13.4. The van der Waals surface area contributed by atoms with Gasteiger partial charge in [-0.05, 0) is 19.3 Å². The van der Waals surface area contributed by atoms with Crippen LogP contribution in [0.25, 0.3) is 0 Å². The van der Waals surface area contributed by atoms with Crippen molar-refractivity contribution in [3.63, 3.8) is 0 Å². The molecule has 0 bridgehead atoms. The number of nitrogens with one attached hydrogen (secondary N) is 2. The van der Waals surface area contributed by atoms with Crippen LogP contribution in [0.15, 0.2) is 18.6 Å². The van der Waals surface area contributed by atoms with Gasteiger partial charge < -0.3 is 15.7 Å². The second-order valence-corrected chi connectivity index (χ2v) is 5.18. The van der Waals surface area contributed by atoms with Gasteiger partial charge in [0.25, 0.3) is 5.91 Å². The van der Waals surface area contributed by atoms with E-state index in [1.807, 2.05) is 13.8 Å². The van der Waals surface area contributed by atoms with Crippen LogP contribution in [-0.4, -0.2) is 46.3 Å². The van der Waals surface area contributed by atoms with Crippen LogP contribution in [0, 0.1) is 5.92 Å². The Kier molecular flexibility index (Phi) is 6.80. The highest BCUT2D eigenvalue weighted by Crippen LogP contribution is 2.03. The molecule has 0 saturated heterocycles. The predicted octanol–water partition coefficient (Wildman–Crippen LogP) is -0.305. The smallest absolute Gasteiger partial charge is 0.311 e. The van der Waals surface area contributed by atoms with Gasteiger partial charge in [0.15, 0.2) is 0 Å². The summed E-state index contributed by atoms with van der Waals surface area (Å²) in [5, 5.41) is 14.3. The second-order valence-electron chi connectivity index (χ2n) is 5.18. The molecule has 0 fully saturated rings. The Bertz CT molecular complexity index is 470. The van der Waals surface area contributed by atoms with E-state index in [0.717, 1.165) is 7.48 Å². The number of amides is 2. The largest absolute Gasteiger partial charge is 0.452 e. The van der Waals surface area contributed by atoms with Gasteiger partial charge in [-0.1, -0.05) is 13.8 Å². The molecule has 1 radical (unpaired) electrons. The first-order chi connectivity index (χ1) is 9.93. The molecule has 1 rings (SSSR count). The summed E-state index contributed by atoms with van der Waals surface area (Å²) in [6.07, 6.45) is 4.80. The predicted molar refractivity (Wildman–Crippen MR) is 78.3 cm³/mol. The standard InChI is InChI=1S/C13H20BN4O3/c1-8(2)6-11(14-21)18-12(19)9(3)17-13(20)10-7-15-4-5-16-10/h4-5,7-9,11,21H,6H2,1-3H3,(H,17,20)(H,18,19). The lowest BCUT2D eigenvalue weighted by molar-refractivity contribution is -0.122. The first kappa shape index (κ1) is 17.1. The van der Waals surface area contributed by atoms with E-state index < -0.39 is 17.9 Å². The number of carbonyl (C=O) groups excluding carboxylic acids is 2. The van der Waals surface area contributed by atoms with Crippen molar-refractivity contribution in [1.82, 2.24) is 20.6 Å². The molecule has 0 saturated carbocycles. The van der Waals surface area contributed by atoms with Crippen molar-refractivity contribution in [1.29, 1.82) is 0 Å². The van der Waals surface area contributed by atoms with Crippen molar-refractivity contribution in [2.45, 2.75) is 39.2 Å². The number of nitrogens with zero attached hydrogens (tertiary/aromatic N) is 2. The number of carbonyl (C=O) groups is 2. The van der Waals surface area contributed by atoms with Crippen molar-refractivity contribution in [3.8, 4) is 0 Å². The third-order valence-corrected chi connectivity index (χ3v) is 2.77. The van der Waals surface area contributed by atoms with Gasteiger partial charge in [-0.15, -0.1) is 0 Å². The molecule has 0 aromatic carbocycles. The van der Waals surface area contributed by atoms with Gasteiger partial charge in [-0.2, -0.15) is 0 Å². The lowest BCUT2D eigenvalue weighted by atomic mass is 9.82. The molecule has 1 aromatic rings. The maximum absolute atomic E-state index is 12.0. The van der Waals surface area contributed by atoms with Crippen molar-refractivity contribution in [3.05, 3.63) is 24.3 Å². The van der Waals surface area contributed by atoms with E-state index in [1.54, 1.807) is 6.92 Å². The molecule has 1 heterocycles. The minimum atomic E-state index is -0.742. The molecule has 7 nitrogen and oxygen atoms in total. The van der Waals surface area contributed by atoms with Gasteiger partial charge in [0.1, 0.15) is 11.7 Å². The summed E-state index contributed by atoms with van der Waals surface area (Å²) in [4.78, 5) is 31.5. The topological polar surface area (TPSA) is 104 Å². The third-order valence-electron chi connectivity index (χ3n) is 2.77. The maximum Gasteiger partial charge on any atom is 0.311 e. The van der Waals surface area contributed by atoms with E-state index in [0.29, 0.717) is 12.3 Å². The highest BCUT2D eigenvalue weighted by molar-refractivity contribution is 6.28. The van der Waals surface area contributed by atoms with Crippen LogP contribution in [-0.2, 0) is 4.79 Å². The van der Waals surface area contributed by atoms with Gasteiger partial charge in [0.2, 0.25) is 5.91 Å². The molecule has 113 valence electrons. The molecule has 2 unspecified atom stereocenters. The Morgan fingerprint density at radius 1 is 1.29 bits per heavy atom. The van der Waals surface area contributed by atoms with Crippen LogP contribution < -0.4 is 10.6 Å². The SMILES string of the molecule is CC(C)CC([B]O)NC(=O)C(C)NC(=O)c1cnccn1. The Hall–Kier alpha value is -1.96. The monoisotopic (exact) mass is 291 g/mol. The number of hydrogen-bond acceptors (Lipinski definition) is 5. The fraction of sp³-hybridized carbons (Fsp3) is 0.538. The molecule has 0 aliphatic carbocycles. The summed E-state index contributed by atoms with van der Waals surface area (Å²) in [6, 6.07) is -0.742. The van der Waals surface area contributed by atoms with Gasteiger partial charge in [0.05, 0.1) is 6.20 Å². The molecule has 21 heavy (non-hydrogen) atoms. The Labute approximate surface area is 124 Å². The van der Waals surface area contributed by atoms with Crippen LogP contribution >= 0.6 is 0 Å². The Morgan fingerprint density at radius 3 is 2.52 bits per heavy atom. The van der Waals surface area contributed by atoms with E-state index in [-0.39, 0.29) is 11.6 Å². The molecule has 0 aliphatic rings. The summed E-state index contributed by atoms with van der Waals surface area (Å²) < 4.78 is 0. The lowest BCUT2D eigenvalue weighted by Crippen LogP contribution is -2.50. The second kappa shape index (κ2) is 8.36. The highest BCUT2D eigenvalue weighted by atomic mass is 16.2. The Balaban J connectivity index is 2.52. The van der Waals surface area contributed by atoms with Crippen LogP contribution in [0.4, 0.5) is 0 Å². The van der Waals surface area contributed by atoms with Crippen molar-refractivity contribution in [2.24, 2.45) is 5.92 Å². The van der Waals surface area contributed by atoms with E-state index in [4.69, 9.17) is 5.02 Å². The van der Waals surface area contributed by atoms with Crippen LogP contribution in [0.3, 0.4) is 0 Å². The molecular weight excluding hydrogens is 271 g/mol. The van der Waals surface area contributed by atoms with Crippen LogP contribution in [0.5, 0.6) is 0 Å². The zero-order valence-corrected chi connectivity index (χ0v) is 12.4. The molecule has 0 aliphatic heterocycles. The maximum atomic E-state index is 12.0. The number of aromatic nitrogens is 2. The lowest BCUT2D eigenvalue weighted by Gasteiger charge is -2.20. The zero-order valence-electron chi connectivity index (χ0n) is 12.4. The molecule has 2 atom stereocenters. The summed E-state index contributed by atoms with van der Waals surface area (Å²) in [6.45, 7) is 5.54. The molecular formula is C13H20BN4O3. The van der Waals surface area contributed by atoms with Gasteiger partial charge >= 0.3 is 7.48 Å². The minimum absolute atomic E-state index is 0.143. The highest BCUT2D eigenvalue weighted by Gasteiger charge is 2.21.